The molecule has 0 aliphatic carbocycles. The lowest BCUT2D eigenvalue weighted by atomic mass is 10.1. The predicted octanol–water partition coefficient (Wildman–Crippen LogP) is 3.16. The maximum Gasteiger partial charge on any atom is 0.282 e. The molecule has 2 aromatic carbocycles. The molecule has 1 aromatic heterocycles. The van der Waals surface area contributed by atoms with Gasteiger partial charge >= 0.3 is 0 Å². The number of hydrogen-bond donors (Lipinski definition) is 1. The number of carbonyl (C=O) groups excluding carboxylic acids is 1. The van der Waals surface area contributed by atoms with E-state index in [2.05, 4.69) is 9.97 Å². The molecule has 1 N–H and O–H groups in total. The highest BCUT2D eigenvalue weighted by Gasteiger charge is 2.21. The first-order chi connectivity index (χ1) is 11.0. The van der Waals surface area contributed by atoms with Crippen LogP contribution in [0.3, 0.4) is 0 Å². The van der Waals surface area contributed by atoms with E-state index in [-0.39, 0.29) is 5.69 Å². The molecular formula is C17H14ClN3O2. The summed E-state index contributed by atoms with van der Waals surface area (Å²) in [6, 6.07) is 12.4. The van der Waals surface area contributed by atoms with Crippen molar-refractivity contribution in [3.05, 3.63) is 69.1 Å². The van der Waals surface area contributed by atoms with E-state index in [0.29, 0.717) is 21.7 Å². The smallest absolute Gasteiger partial charge is 0.282 e. The van der Waals surface area contributed by atoms with Crippen LogP contribution in [0.4, 0.5) is 5.69 Å². The van der Waals surface area contributed by atoms with Crippen molar-refractivity contribution in [2.24, 2.45) is 0 Å². The van der Waals surface area contributed by atoms with Crippen LogP contribution in [0.5, 0.6) is 0 Å². The minimum absolute atomic E-state index is 0.148. The summed E-state index contributed by atoms with van der Waals surface area (Å²) in [5, 5.41) is 0.558. The first kappa shape index (κ1) is 15.2. The molecule has 0 spiro atoms. The molecule has 1 amide bonds. The van der Waals surface area contributed by atoms with E-state index in [1.807, 2.05) is 6.92 Å². The number of fused-ring (bicyclic) bond motifs is 1. The van der Waals surface area contributed by atoms with Gasteiger partial charge in [-0.1, -0.05) is 29.8 Å². The van der Waals surface area contributed by atoms with Gasteiger partial charge in [0.05, 0.1) is 11.0 Å². The zero-order chi connectivity index (χ0) is 16.6. The summed E-state index contributed by atoms with van der Waals surface area (Å²) in [6.45, 7) is 1.82. The Kier molecular flexibility index (Phi) is 3.88. The van der Waals surface area contributed by atoms with Crippen molar-refractivity contribution >= 4 is 34.2 Å². The van der Waals surface area contributed by atoms with Crippen LogP contribution in [-0.2, 0) is 0 Å². The van der Waals surface area contributed by atoms with E-state index in [1.54, 1.807) is 49.5 Å². The SMILES string of the molecule is Cc1c(Cl)cccc1N(C)C(=O)c1nc2ccccc2[nH]c1=O. The van der Waals surface area contributed by atoms with Crippen LogP contribution in [0.2, 0.25) is 5.02 Å². The standard InChI is InChI=1S/C17H14ClN3O2/c1-10-11(18)6-5-9-14(10)21(2)17(23)15-16(22)20-13-8-4-3-7-12(13)19-15/h3-9H,1-2H3,(H,20,22). The molecule has 0 fully saturated rings. The average molecular weight is 328 g/mol. The van der Waals surface area contributed by atoms with Crippen LogP contribution in [-0.4, -0.2) is 22.9 Å². The Hall–Kier alpha value is -2.66. The molecule has 0 bridgehead atoms. The van der Waals surface area contributed by atoms with Gasteiger partial charge in [-0.2, -0.15) is 0 Å². The summed E-state index contributed by atoms with van der Waals surface area (Å²) in [5.74, 6) is -0.484. The summed E-state index contributed by atoms with van der Waals surface area (Å²) in [7, 11) is 1.59. The van der Waals surface area contributed by atoms with E-state index >= 15 is 0 Å². The van der Waals surface area contributed by atoms with Gasteiger partial charge in [0, 0.05) is 17.8 Å². The highest BCUT2D eigenvalue weighted by atomic mass is 35.5. The quantitative estimate of drug-likeness (QED) is 0.786. The number of H-pyrrole nitrogens is 1. The van der Waals surface area contributed by atoms with Crippen molar-refractivity contribution in [1.82, 2.24) is 9.97 Å². The summed E-state index contributed by atoms with van der Waals surface area (Å²) in [5.41, 5.74) is 1.90. The number of rotatable bonds is 2. The Morgan fingerprint density at radius 1 is 1.17 bits per heavy atom. The third-order valence-corrected chi connectivity index (χ3v) is 4.12. The Labute approximate surface area is 137 Å². The van der Waals surface area contributed by atoms with Gasteiger partial charge in [-0.3, -0.25) is 9.59 Å². The Morgan fingerprint density at radius 2 is 1.91 bits per heavy atom. The molecule has 0 radical (unpaired) electrons. The molecule has 0 saturated carbocycles. The van der Waals surface area contributed by atoms with Gasteiger partial charge in [-0.25, -0.2) is 4.98 Å². The zero-order valence-electron chi connectivity index (χ0n) is 12.6. The molecule has 0 aliphatic rings. The number of carbonyl (C=O) groups is 1. The highest BCUT2D eigenvalue weighted by Crippen LogP contribution is 2.26. The number of benzene rings is 2. The highest BCUT2D eigenvalue weighted by molar-refractivity contribution is 6.31. The van der Waals surface area contributed by atoms with E-state index in [4.69, 9.17) is 11.6 Å². The average Bonchev–Trinajstić information content (AvgIpc) is 2.55. The normalized spacial score (nSPS) is 10.7. The number of hydrogen-bond acceptors (Lipinski definition) is 3. The lowest BCUT2D eigenvalue weighted by Gasteiger charge is -2.19. The number of nitrogens with zero attached hydrogens (tertiary/aromatic N) is 2. The van der Waals surface area contributed by atoms with Crippen LogP contribution in [0.25, 0.3) is 11.0 Å². The molecule has 23 heavy (non-hydrogen) atoms. The topological polar surface area (TPSA) is 66.1 Å². The van der Waals surface area contributed by atoms with Gasteiger partial charge in [0.25, 0.3) is 11.5 Å². The summed E-state index contributed by atoms with van der Waals surface area (Å²) in [4.78, 5) is 33.1. The number of aromatic amines is 1. The zero-order valence-corrected chi connectivity index (χ0v) is 13.4. The van der Waals surface area contributed by atoms with Crippen molar-refractivity contribution in [3.8, 4) is 0 Å². The summed E-state index contributed by atoms with van der Waals surface area (Å²) in [6.07, 6.45) is 0. The lowest BCUT2D eigenvalue weighted by Crippen LogP contribution is -2.33. The van der Waals surface area contributed by atoms with Crippen LogP contribution in [0, 0.1) is 6.92 Å². The summed E-state index contributed by atoms with van der Waals surface area (Å²) >= 11 is 6.10. The molecule has 0 unspecified atom stereocenters. The molecule has 0 saturated heterocycles. The molecule has 3 aromatic rings. The monoisotopic (exact) mass is 327 g/mol. The number of amides is 1. The van der Waals surface area contributed by atoms with Crippen molar-refractivity contribution < 1.29 is 4.79 Å². The molecular weight excluding hydrogens is 314 g/mol. The van der Waals surface area contributed by atoms with Crippen molar-refractivity contribution in [2.45, 2.75) is 6.92 Å². The van der Waals surface area contributed by atoms with E-state index in [0.717, 1.165) is 5.56 Å². The second-order valence-corrected chi connectivity index (χ2v) is 5.59. The van der Waals surface area contributed by atoms with Gasteiger partial charge < -0.3 is 9.88 Å². The molecule has 1 heterocycles. The van der Waals surface area contributed by atoms with Crippen molar-refractivity contribution in [2.75, 3.05) is 11.9 Å². The van der Waals surface area contributed by atoms with Gasteiger partial charge in [0.1, 0.15) is 0 Å². The van der Waals surface area contributed by atoms with Crippen LogP contribution in [0.1, 0.15) is 16.1 Å². The third kappa shape index (κ3) is 2.71. The van der Waals surface area contributed by atoms with E-state index in [1.165, 1.54) is 4.90 Å². The first-order valence-electron chi connectivity index (χ1n) is 7.01. The largest absolute Gasteiger partial charge is 0.319 e. The predicted molar refractivity (Wildman–Crippen MR) is 91.3 cm³/mol. The van der Waals surface area contributed by atoms with Gasteiger partial charge in [0.15, 0.2) is 5.69 Å². The van der Waals surface area contributed by atoms with Crippen molar-refractivity contribution in [1.29, 1.82) is 0 Å². The van der Waals surface area contributed by atoms with E-state index < -0.39 is 11.5 Å². The van der Waals surface area contributed by atoms with Crippen LogP contribution >= 0.6 is 11.6 Å². The fraction of sp³-hybridized carbons (Fsp3) is 0.118. The molecule has 5 nitrogen and oxygen atoms in total. The Bertz CT molecular complexity index is 965. The second kappa shape index (κ2) is 5.85. The maximum atomic E-state index is 12.7. The maximum absolute atomic E-state index is 12.7. The van der Waals surface area contributed by atoms with Crippen molar-refractivity contribution in [3.63, 3.8) is 0 Å². The van der Waals surface area contributed by atoms with Gasteiger partial charge in [0.2, 0.25) is 0 Å². The molecule has 6 heteroatoms. The second-order valence-electron chi connectivity index (χ2n) is 5.18. The summed E-state index contributed by atoms with van der Waals surface area (Å²) < 4.78 is 0. The van der Waals surface area contributed by atoms with Crippen LogP contribution in [0.15, 0.2) is 47.3 Å². The van der Waals surface area contributed by atoms with Crippen LogP contribution < -0.4 is 10.5 Å². The number of aromatic nitrogens is 2. The minimum Gasteiger partial charge on any atom is -0.319 e. The Morgan fingerprint density at radius 3 is 2.70 bits per heavy atom. The Balaban J connectivity index is 2.08. The molecule has 3 rings (SSSR count). The fourth-order valence-electron chi connectivity index (χ4n) is 2.40. The molecule has 116 valence electrons. The van der Waals surface area contributed by atoms with E-state index in [9.17, 15) is 9.59 Å². The number of nitrogens with one attached hydrogen (secondary N) is 1. The molecule has 0 aliphatic heterocycles. The fourth-order valence-corrected chi connectivity index (χ4v) is 2.57. The van der Waals surface area contributed by atoms with Gasteiger partial charge in [-0.15, -0.1) is 0 Å². The minimum atomic E-state index is -0.514. The van der Waals surface area contributed by atoms with Gasteiger partial charge in [-0.05, 0) is 36.8 Å². The number of anilines is 1. The number of para-hydroxylation sites is 2. The third-order valence-electron chi connectivity index (χ3n) is 3.71. The lowest BCUT2D eigenvalue weighted by molar-refractivity contribution is 0.0987. The molecule has 0 atom stereocenters. The first-order valence-corrected chi connectivity index (χ1v) is 7.39. The number of halogens is 1.